The highest BCUT2D eigenvalue weighted by Gasteiger charge is 2.18. The van der Waals surface area contributed by atoms with Crippen LogP contribution in [0.2, 0.25) is 0 Å². The third kappa shape index (κ3) is 2.89. The summed E-state index contributed by atoms with van der Waals surface area (Å²) in [5, 5.41) is 0. The van der Waals surface area contributed by atoms with E-state index in [4.69, 9.17) is 5.73 Å². The number of nitrogens with two attached hydrogens (primary N) is 1. The maximum Gasteiger partial charge on any atom is 0.181 e. The van der Waals surface area contributed by atoms with Crippen molar-refractivity contribution in [3.05, 3.63) is 24.0 Å². The Morgan fingerprint density at radius 3 is 2.53 bits per heavy atom. The Bertz CT molecular complexity index is 445. The molecule has 0 aliphatic rings. The smallest absolute Gasteiger partial charge is 0.181 e. The van der Waals surface area contributed by atoms with Crippen molar-refractivity contribution in [1.29, 1.82) is 0 Å². The van der Waals surface area contributed by atoms with Gasteiger partial charge < -0.3 is 5.73 Å². The molecule has 0 saturated heterocycles. The molecular weight excluding hydrogens is 224 g/mol. The highest BCUT2D eigenvalue weighted by Crippen LogP contribution is 2.18. The lowest BCUT2D eigenvalue weighted by Gasteiger charge is -2.04. The molecule has 0 fully saturated rings. The summed E-state index contributed by atoms with van der Waals surface area (Å²) in [6, 6.07) is 3.33. The number of anilines is 1. The first-order valence-electron chi connectivity index (χ1n) is 4.31. The molecule has 6 heteroatoms. The molecule has 0 saturated carbocycles. The Kier molecular flexibility index (Phi) is 3.62. The van der Waals surface area contributed by atoms with Crippen LogP contribution in [0.4, 0.5) is 14.5 Å². The van der Waals surface area contributed by atoms with Gasteiger partial charge >= 0.3 is 0 Å². The number of hydrogen-bond donors (Lipinski definition) is 1. The van der Waals surface area contributed by atoms with Gasteiger partial charge in [0.2, 0.25) is 0 Å². The highest BCUT2D eigenvalue weighted by atomic mass is 32.2. The molecule has 2 N–H and O–H groups in total. The summed E-state index contributed by atoms with van der Waals surface area (Å²) in [5.41, 5.74) is 5.43. The van der Waals surface area contributed by atoms with Gasteiger partial charge in [0, 0.05) is 5.69 Å². The lowest BCUT2D eigenvalue weighted by molar-refractivity contribution is 0.483. The predicted molar refractivity (Wildman–Crippen MR) is 53.5 cm³/mol. The number of alkyl halides is 1. The Morgan fingerprint density at radius 2 is 2.00 bits per heavy atom. The molecule has 1 aromatic rings. The predicted octanol–water partition coefficient (Wildman–Crippen LogP) is 1.54. The molecule has 1 aromatic carbocycles. The minimum absolute atomic E-state index is 0.133. The van der Waals surface area contributed by atoms with Crippen molar-refractivity contribution in [3.8, 4) is 0 Å². The molecule has 1 rings (SSSR count). The van der Waals surface area contributed by atoms with Crippen LogP contribution in [0.15, 0.2) is 23.1 Å². The quantitative estimate of drug-likeness (QED) is 0.805. The van der Waals surface area contributed by atoms with Crippen LogP contribution < -0.4 is 5.73 Å². The van der Waals surface area contributed by atoms with Crippen LogP contribution >= 0.6 is 0 Å². The molecule has 84 valence electrons. The Hall–Kier alpha value is -1.17. The first-order valence-corrected chi connectivity index (χ1v) is 5.96. The lowest BCUT2D eigenvalue weighted by Crippen LogP contribution is -2.09. The number of rotatable bonds is 4. The summed E-state index contributed by atoms with van der Waals surface area (Å²) < 4.78 is 48.0. The SMILES string of the molecule is Nc1ccc(S(=O)(=O)CCCF)c(F)c1. The number of sulfone groups is 1. The zero-order valence-corrected chi connectivity index (χ0v) is 8.73. The first kappa shape index (κ1) is 11.9. The van der Waals surface area contributed by atoms with Gasteiger partial charge in [-0.25, -0.2) is 12.8 Å². The maximum absolute atomic E-state index is 13.2. The van der Waals surface area contributed by atoms with Crippen LogP contribution in [-0.2, 0) is 9.84 Å². The monoisotopic (exact) mass is 235 g/mol. The molecule has 0 unspecified atom stereocenters. The Balaban J connectivity index is 3.05. The van der Waals surface area contributed by atoms with E-state index in [9.17, 15) is 17.2 Å². The van der Waals surface area contributed by atoms with E-state index in [1.165, 1.54) is 6.07 Å². The summed E-state index contributed by atoms with van der Waals surface area (Å²) in [6.45, 7) is -0.740. The second-order valence-electron chi connectivity index (χ2n) is 3.05. The average Bonchev–Trinajstić information content (AvgIpc) is 2.14. The standard InChI is InChI=1S/C9H11F2NO2S/c10-4-1-5-15(13,14)9-3-2-7(12)6-8(9)11/h2-3,6H,1,4-5,12H2. The van der Waals surface area contributed by atoms with Crippen LogP contribution in [0.25, 0.3) is 0 Å². The summed E-state index contributed by atoms with van der Waals surface area (Å²) in [6.07, 6.45) is -0.133. The molecule has 0 bridgehead atoms. The van der Waals surface area contributed by atoms with Gasteiger partial charge in [0.1, 0.15) is 10.7 Å². The molecule has 0 atom stereocenters. The molecule has 3 nitrogen and oxygen atoms in total. The van der Waals surface area contributed by atoms with E-state index in [2.05, 4.69) is 0 Å². The van der Waals surface area contributed by atoms with Crippen molar-refractivity contribution in [2.75, 3.05) is 18.2 Å². The van der Waals surface area contributed by atoms with Gasteiger partial charge in [0.15, 0.2) is 9.84 Å². The Labute approximate surface area is 86.8 Å². The largest absolute Gasteiger partial charge is 0.399 e. The van der Waals surface area contributed by atoms with Crippen LogP contribution in [0.1, 0.15) is 6.42 Å². The van der Waals surface area contributed by atoms with E-state index in [1.807, 2.05) is 0 Å². The van der Waals surface area contributed by atoms with Crippen molar-refractivity contribution < 1.29 is 17.2 Å². The third-order valence-electron chi connectivity index (χ3n) is 1.84. The molecule has 0 radical (unpaired) electrons. The minimum Gasteiger partial charge on any atom is -0.399 e. The average molecular weight is 235 g/mol. The van der Waals surface area contributed by atoms with Gasteiger partial charge in [-0.05, 0) is 24.6 Å². The molecule has 0 spiro atoms. The van der Waals surface area contributed by atoms with Gasteiger partial charge in [0.05, 0.1) is 12.4 Å². The molecule has 15 heavy (non-hydrogen) atoms. The van der Waals surface area contributed by atoms with Gasteiger partial charge in [-0.15, -0.1) is 0 Å². The minimum atomic E-state index is -3.74. The molecule has 0 heterocycles. The van der Waals surface area contributed by atoms with E-state index in [0.29, 0.717) is 0 Å². The van der Waals surface area contributed by atoms with E-state index in [1.54, 1.807) is 0 Å². The van der Waals surface area contributed by atoms with Crippen molar-refractivity contribution in [3.63, 3.8) is 0 Å². The van der Waals surface area contributed by atoms with E-state index in [-0.39, 0.29) is 12.1 Å². The van der Waals surface area contributed by atoms with Gasteiger partial charge in [-0.3, -0.25) is 4.39 Å². The van der Waals surface area contributed by atoms with Gasteiger partial charge in [-0.1, -0.05) is 0 Å². The molecule has 0 amide bonds. The Morgan fingerprint density at radius 1 is 1.33 bits per heavy atom. The van der Waals surface area contributed by atoms with Crippen LogP contribution in [0.3, 0.4) is 0 Å². The van der Waals surface area contributed by atoms with E-state index < -0.39 is 33.0 Å². The fourth-order valence-corrected chi connectivity index (χ4v) is 2.46. The second-order valence-corrected chi connectivity index (χ2v) is 5.13. The summed E-state index contributed by atoms with van der Waals surface area (Å²) in [5.74, 6) is -1.29. The number of halogens is 2. The summed E-state index contributed by atoms with van der Waals surface area (Å²) >= 11 is 0. The lowest BCUT2D eigenvalue weighted by atomic mass is 10.3. The summed E-state index contributed by atoms with van der Waals surface area (Å²) in [4.78, 5) is -0.426. The number of hydrogen-bond acceptors (Lipinski definition) is 3. The fraction of sp³-hybridized carbons (Fsp3) is 0.333. The maximum atomic E-state index is 13.2. The summed E-state index contributed by atoms with van der Waals surface area (Å²) in [7, 11) is -3.74. The van der Waals surface area contributed by atoms with Crippen molar-refractivity contribution in [2.45, 2.75) is 11.3 Å². The fourth-order valence-electron chi connectivity index (χ4n) is 1.12. The topological polar surface area (TPSA) is 60.2 Å². The normalized spacial score (nSPS) is 11.6. The number of nitrogen functional groups attached to an aromatic ring is 1. The van der Waals surface area contributed by atoms with Gasteiger partial charge in [-0.2, -0.15) is 0 Å². The molecule has 0 aromatic heterocycles. The van der Waals surface area contributed by atoms with Crippen LogP contribution in [0, 0.1) is 5.82 Å². The third-order valence-corrected chi connectivity index (χ3v) is 3.67. The molecule has 0 aliphatic carbocycles. The van der Waals surface area contributed by atoms with E-state index in [0.717, 1.165) is 12.1 Å². The van der Waals surface area contributed by atoms with Crippen molar-refractivity contribution >= 4 is 15.5 Å². The van der Waals surface area contributed by atoms with Crippen LogP contribution in [-0.4, -0.2) is 20.8 Å². The molecular formula is C9H11F2NO2S. The highest BCUT2D eigenvalue weighted by molar-refractivity contribution is 7.91. The van der Waals surface area contributed by atoms with Crippen LogP contribution in [0.5, 0.6) is 0 Å². The zero-order valence-electron chi connectivity index (χ0n) is 7.91. The van der Waals surface area contributed by atoms with E-state index >= 15 is 0 Å². The molecule has 0 aliphatic heterocycles. The van der Waals surface area contributed by atoms with Crippen molar-refractivity contribution in [2.24, 2.45) is 0 Å². The van der Waals surface area contributed by atoms with Crippen molar-refractivity contribution in [1.82, 2.24) is 0 Å². The number of benzene rings is 1. The zero-order chi connectivity index (χ0) is 11.5. The first-order chi connectivity index (χ1) is 6.97. The second kappa shape index (κ2) is 4.57. The van der Waals surface area contributed by atoms with Gasteiger partial charge in [0.25, 0.3) is 0 Å².